The summed E-state index contributed by atoms with van der Waals surface area (Å²) in [6.45, 7) is 0. The summed E-state index contributed by atoms with van der Waals surface area (Å²) in [7, 11) is 2.73. The molecule has 2 aromatic rings. The second-order valence-electron chi connectivity index (χ2n) is 2.99. The van der Waals surface area contributed by atoms with Crippen LogP contribution in [0.1, 0.15) is 0 Å². The van der Waals surface area contributed by atoms with Crippen LogP contribution in [0.25, 0.3) is 10.9 Å². The number of ether oxygens (including phenoxy) is 1. The second kappa shape index (κ2) is 3.73. The fourth-order valence-electron chi connectivity index (χ4n) is 1.51. The van der Waals surface area contributed by atoms with Gasteiger partial charge in [0.15, 0.2) is 0 Å². The van der Waals surface area contributed by atoms with Gasteiger partial charge in [-0.3, -0.25) is 0 Å². The van der Waals surface area contributed by atoms with Crippen molar-refractivity contribution in [1.82, 2.24) is 4.73 Å². The van der Waals surface area contributed by atoms with E-state index >= 15 is 0 Å². The first-order valence-electron chi connectivity index (χ1n) is 4.46. The molecule has 84 valence electrons. The third-order valence-electron chi connectivity index (χ3n) is 2.18. The highest BCUT2D eigenvalue weighted by Crippen LogP contribution is 2.20. The summed E-state index contributed by atoms with van der Waals surface area (Å²) in [5, 5.41) is 0.173. The van der Waals surface area contributed by atoms with Crippen LogP contribution in [-0.4, -0.2) is 19.0 Å². The van der Waals surface area contributed by atoms with Crippen LogP contribution in [0, 0.1) is 0 Å². The lowest BCUT2D eigenvalue weighted by Gasteiger charge is -2.07. The molecule has 0 fully saturated rings. The molecule has 0 atom stereocenters. The van der Waals surface area contributed by atoms with E-state index in [4.69, 9.17) is 9.57 Å². The van der Waals surface area contributed by atoms with Crippen molar-refractivity contribution in [2.75, 3.05) is 14.2 Å². The van der Waals surface area contributed by atoms with Gasteiger partial charge in [0.25, 0.3) is 0 Å². The third-order valence-corrected chi connectivity index (χ3v) is 2.18. The Kier molecular flexibility index (Phi) is 2.40. The van der Waals surface area contributed by atoms with Crippen LogP contribution in [0.15, 0.2) is 32.2 Å². The van der Waals surface area contributed by atoms with E-state index in [1.54, 1.807) is 18.2 Å². The average Bonchev–Trinajstić information content (AvgIpc) is 2.28. The van der Waals surface area contributed by atoms with Crippen molar-refractivity contribution in [3.63, 3.8) is 0 Å². The molecule has 6 heteroatoms. The number of methoxy groups -OCH3 is 1. The minimum absolute atomic E-state index is 0.173. The Morgan fingerprint density at radius 2 is 2.00 bits per heavy atom. The van der Waals surface area contributed by atoms with Gasteiger partial charge in [-0.25, -0.2) is 9.59 Å². The normalized spacial score (nSPS) is 10.4. The van der Waals surface area contributed by atoms with Crippen LogP contribution in [0.2, 0.25) is 0 Å². The molecule has 0 aliphatic heterocycles. The van der Waals surface area contributed by atoms with Crippen molar-refractivity contribution in [1.29, 1.82) is 0 Å². The maximum atomic E-state index is 11.5. The standard InChI is InChI=1S/C10H9NO5/c1-14-7-5-3-4-6-8(7)9(12)16-10(13)11(6)15-2/h3-5H,1-2H3. The van der Waals surface area contributed by atoms with E-state index in [1.165, 1.54) is 14.2 Å². The van der Waals surface area contributed by atoms with Crippen molar-refractivity contribution in [2.45, 2.75) is 0 Å². The number of fused-ring (bicyclic) bond motifs is 1. The predicted octanol–water partition coefficient (Wildman–Crippen LogP) is 0.0217. The topological polar surface area (TPSA) is 70.7 Å². The molecule has 1 aromatic heterocycles. The Balaban J connectivity index is 3.04. The predicted molar refractivity (Wildman–Crippen MR) is 55.8 cm³/mol. The van der Waals surface area contributed by atoms with Gasteiger partial charge in [0.1, 0.15) is 23.8 Å². The average molecular weight is 223 g/mol. The van der Waals surface area contributed by atoms with Gasteiger partial charge in [0.2, 0.25) is 0 Å². The molecule has 0 amide bonds. The molecule has 2 rings (SSSR count). The molecule has 0 spiro atoms. The Bertz CT molecular complexity index is 640. The molecule has 16 heavy (non-hydrogen) atoms. The molecular formula is C10H9NO5. The van der Waals surface area contributed by atoms with E-state index in [0.717, 1.165) is 4.73 Å². The number of hydrogen-bond donors (Lipinski definition) is 0. The molecule has 0 saturated heterocycles. The van der Waals surface area contributed by atoms with Crippen LogP contribution >= 0.6 is 0 Å². The van der Waals surface area contributed by atoms with Crippen LogP contribution in [0.3, 0.4) is 0 Å². The van der Waals surface area contributed by atoms with Gasteiger partial charge in [0.05, 0.1) is 7.11 Å². The van der Waals surface area contributed by atoms with E-state index in [1.807, 2.05) is 0 Å². The minimum atomic E-state index is -0.867. The molecule has 6 nitrogen and oxygen atoms in total. The van der Waals surface area contributed by atoms with Crippen molar-refractivity contribution in [2.24, 2.45) is 0 Å². The largest absolute Gasteiger partial charge is 0.496 e. The van der Waals surface area contributed by atoms with Crippen molar-refractivity contribution < 1.29 is 14.0 Å². The molecule has 1 aromatic carbocycles. The van der Waals surface area contributed by atoms with Gasteiger partial charge in [-0.1, -0.05) is 6.07 Å². The quantitative estimate of drug-likeness (QED) is 0.717. The van der Waals surface area contributed by atoms with Crippen LogP contribution < -0.4 is 21.0 Å². The van der Waals surface area contributed by atoms with Gasteiger partial charge < -0.3 is 14.0 Å². The Morgan fingerprint density at radius 3 is 2.62 bits per heavy atom. The van der Waals surface area contributed by atoms with E-state index in [9.17, 15) is 9.59 Å². The Hall–Kier alpha value is -2.24. The number of benzene rings is 1. The summed E-state index contributed by atoms with van der Waals surface area (Å²) < 4.78 is 10.4. The minimum Gasteiger partial charge on any atom is -0.496 e. The third kappa shape index (κ3) is 1.35. The summed E-state index contributed by atoms with van der Waals surface area (Å²) in [4.78, 5) is 27.7. The second-order valence-corrected chi connectivity index (χ2v) is 2.99. The summed E-state index contributed by atoms with van der Waals surface area (Å²) in [6, 6.07) is 4.82. The van der Waals surface area contributed by atoms with Gasteiger partial charge >= 0.3 is 11.4 Å². The van der Waals surface area contributed by atoms with Gasteiger partial charge in [-0.2, -0.15) is 0 Å². The highest BCUT2D eigenvalue weighted by Gasteiger charge is 2.13. The lowest BCUT2D eigenvalue weighted by atomic mass is 10.2. The highest BCUT2D eigenvalue weighted by atomic mass is 16.7. The van der Waals surface area contributed by atoms with Crippen molar-refractivity contribution >= 4 is 10.9 Å². The molecule has 0 unspecified atom stereocenters. The Labute approximate surface area is 89.6 Å². The maximum absolute atomic E-state index is 11.5. The zero-order valence-corrected chi connectivity index (χ0v) is 8.72. The zero-order chi connectivity index (χ0) is 11.7. The number of rotatable bonds is 2. The van der Waals surface area contributed by atoms with E-state index in [0.29, 0.717) is 11.3 Å². The van der Waals surface area contributed by atoms with Crippen LogP contribution in [0.4, 0.5) is 0 Å². The number of hydrogen-bond acceptors (Lipinski definition) is 5. The lowest BCUT2D eigenvalue weighted by molar-refractivity contribution is 0.140. The number of aromatic nitrogens is 1. The monoisotopic (exact) mass is 223 g/mol. The van der Waals surface area contributed by atoms with E-state index in [-0.39, 0.29) is 5.39 Å². The van der Waals surface area contributed by atoms with Gasteiger partial charge in [-0.05, 0) is 12.1 Å². The first-order valence-corrected chi connectivity index (χ1v) is 4.46. The molecular weight excluding hydrogens is 214 g/mol. The van der Waals surface area contributed by atoms with Gasteiger partial charge in [0, 0.05) is 0 Å². The summed E-state index contributed by atoms with van der Waals surface area (Å²) >= 11 is 0. The fraction of sp³-hybridized carbons (Fsp3) is 0.200. The maximum Gasteiger partial charge on any atom is 0.455 e. The smallest absolute Gasteiger partial charge is 0.455 e. The summed E-state index contributed by atoms with van der Waals surface area (Å²) in [5.74, 6) is -0.537. The van der Waals surface area contributed by atoms with Gasteiger partial charge in [-0.15, -0.1) is 4.73 Å². The molecule has 0 aliphatic carbocycles. The molecule has 1 heterocycles. The SMILES string of the molecule is COc1cccc2c1c(=O)oc(=O)n2OC. The Morgan fingerprint density at radius 1 is 1.25 bits per heavy atom. The highest BCUT2D eigenvalue weighted by molar-refractivity contribution is 5.83. The molecule has 0 N–H and O–H groups in total. The summed E-state index contributed by atoms with van der Waals surface area (Å²) in [6.07, 6.45) is 0. The van der Waals surface area contributed by atoms with Crippen molar-refractivity contribution in [3.05, 3.63) is 39.2 Å². The lowest BCUT2D eigenvalue weighted by Crippen LogP contribution is -2.28. The molecule has 0 saturated carbocycles. The first kappa shape index (κ1) is 10.3. The molecule has 0 aliphatic rings. The zero-order valence-electron chi connectivity index (χ0n) is 8.72. The van der Waals surface area contributed by atoms with E-state index < -0.39 is 11.4 Å². The van der Waals surface area contributed by atoms with Crippen LogP contribution in [-0.2, 0) is 0 Å². The number of nitrogens with zero attached hydrogens (tertiary/aromatic N) is 1. The molecule has 0 radical (unpaired) electrons. The first-order chi connectivity index (χ1) is 7.69. The fourth-order valence-corrected chi connectivity index (χ4v) is 1.51. The molecule has 0 bridgehead atoms. The van der Waals surface area contributed by atoms with Crippen molar-refractivity contribution in [3.8, 4) is 5.75 Å². The summed E-state index contributed by atoms with van der Waals surface area (Å²) in [5.41, 5.74) is -0.436. The van der Waals surface area contributed by atoms with Crippen LogP contribution in [0.5, 0.6) is 5.75 Å². The van der Waals surface area contributed by atoms with E-state index in [2.05, 4.69) is 4.42 Å².